The first kappa shape index (κ1) is 14.2. The predicted octanol–water partition coefficient (Wildman–Crippen LogP) is 2.08. The third-order valence-electron chi connectivity index (χ3n) is 2.32. The largest absolute Gasteiger partial charge is 0.392 e. The van der Waals surface area contributed by atoms with Crippen LogP contribution in [0, 0.1) is 0 Å². The maximum atomic E-state index is 9.02. The van der Waals surface area contributed by atoms with Crippen LogP contribution in [0.5, 0.6) is 0 Å². The molecule has 0 aromatic heterocycles. The molecule has 2 N–H and O–H groups in total. The van der Waals surface area contributed by atoms with E-state index in [1.807, 2.05) is 18.2 Å². The molecule has 96 valence electrons. The first-order valence-electron chi connectivity index (χ1n) is 6.04. The molecule has 1 rings (SSSR count). The summed E-state index contributed by atoms with van der Waals surface area (Å²) >= 11 is 0. The summed E-state index contributed by atoms with van der Waals surface area (Å²) in [6.07, 6.45) is 0. The molecule has 0 heterocycles. The Morgan fingerprint density at radius 2 is 1.94 bits per heavy atom. The Labute approximate surface area is 104 Å². The van der Waals surface area contributed by atoms with Crippen LogP contribution in [0.15, 0.2) is 24.3 Å². The van der Waals surface area contributed by atoms with Gasteiger partial charge in [0, 0.05) is 13.1 Å². The van der Waals surface area contributed by atoms with Gasteiger partial charge in [-0.25, -0.2) is 0 Å². The van der Waals surface area contributed by atoms with Crippen molar-refractivity contribution < 1.29 is 9.84 Å². The highest BCUT2D eigenvalue weighted by Crippen LogP contribution is 2.06. The Kier molecular flexibility index (Phi) is 5.62. The Hall–Kier alpha value is -0.900. The van der Waals surface area contributed by atoms with Crippen LogP contribution in [-0.2, 0) is 17.9 Å². The molecule has 1 aromatic rings. The SMILES string of the molecule is CC(C)(C)OCCNCc1cccc(CO)c1. The number of aliphatic hydroxyl groups is 1. The van der Waals surface area contributed by atoms with Crippen molar-refractivity contribution in [3.05, 3.63) is 35.4 Å². The minimum absolute atomic E-state index is 0.0709. The van der Waals surface area contributed by atoms with Gasteiger partial charge in [-0.15, -0.1) is 0 Å². The molecule has 0 aliphatic carbocycles. The van der Waals surface area contributed by atoms with Crippen LogP contribution in [0.3, 0.4) is 0 Å². The fourth-order valence-electron chi connectivity index (χ4n) is 1.50. The van der Waals surface area contributed by atoms with Gasteiger partial charge in [0.2, 0.25) is 0 Å². The summed E-state index contributed by atoms with van der Waals surface area (Å²) < 4.78 is 5.61. The van der Waals surface area contributed by atoms with E-state index in [0.29, 0.717) is 6.61 Å². The lowest BCUT2D eigenvalue weighted by Gasteiger charge is -2.19. The van der Waals surface area contributed by atoms with E-state index in [1.54, 1.807) is 0 Å². The zero-order chi connectivity index (χ0) is 12.7. The molecule has 0 fully saturated rings. The van der Waals surface area contributed by atoms with Gasteiger partial charge in [0.1, 0.15) is 0 Å². The summed E-state index contributed by atoms with van der Waals surface area (Å²) in [6.45, 7) is 8.61. The summed E-state index contributed by atoms with van der Waals surface area (Å²) in [5.74, 6) is 0. The van der Waals surface area contributed by atoms with E-state index in [-0.39, 0.29) is 12.2 Å². The number of nitrogens with one attached hydrogen (secondary N) is 1. The molecule has 0 radical (unpaired) electrons. The third kappa shape index (κ3) is 6.41. The zero-order valence-corrected chi connectivity index (χ0v) is 11.0. The molecule has 0 spiro atoms. The van der Waals surface area contributed by atoms with Crippen molar-refractivity contribution in [3.63, 3.8) is 0 Å². The normalized spacial score (nSPS) is 11.8. The van der Waals surface area contributed by atoms with Gasteiger partial charge in [-0.1, -0.05) is 24.3 Å². The van der Waals surface area contributed by atoms with E-state index >= 15 is 0 Å². The second-order valence-corrected chi connectivity index (χ2v) is 5.12. The minimum atomic E-state index is -0.0709. The van der Waals surface area contributed by atoms with Gasteiger partial charge < -0.3 is 15.2 Å². The molecule has 0 saturated carbocycles. The maximum absolute atomic E-state index is 9.02. The van der Waals surface area contributed by atoms with Gasteiger partial charge in [-0.05, 0) is 31.9 Å². The van der Waals surface area contributed by atoms with Gasteiger partial charge in [0.25, 0.3) is 0 Å². The molecule has 0 atom stereocenters. The molecule has 0 saturated heterocycles. The van der Waals surface area contributed by atoms with E-state index in [9.17, 15) is 0 Å². The highest BCUT2D eigenvalue weighted by atomic mass is 16.5. The molecule has 0 aliphatic heterocycles. The van der Waals surface area contributed by atoms with Crippen molar-refractivity contribution in [2.24, 2.45) is 0 Å². The fraction of sp³-hybridized carbons (Fsp3) is 0.571. The van der Waals surface area contributed by atoms with Crippen molar-refractivity contribution in [2.75, 3.05) is 13.2 Å². The second-order valence-electron chi connectivity index (χ2n) is 5.12. The number of ether oxygens (including phenoxy) is 1. The van der Waals surface area contributed by atoms with Crippen LogP contribution in [-0.4, -0.2) is 23.9 Å². The van der Waals surface area contributed by atoms with Gasteiger partial charge in [-0.3, -0.25) is 0 Å². The van der Waals surface area contributed by atoms with E-state index < -0.39 is 0 Å². The second kappa shape index (κ2) is 6.74. The molecular formula is C14H23NO2. The lowest BCUT2D eigenvalue weighted by molar-refractivity contribution is -0.000886. The van der Waals surface area contributed by atoms with E-state index in [1.165, 1.54) is 5.56 Å². The van der Waals surface area contributed by atoms with Gasteiger partial charge in [0.15, 0.2) is 0 Å². The number of hydrogen-bond donors (Lipinski definition) is 2. The van der Waals surface area contributed by atoms with Crippen LogP contribution in [0.25, 0.3) is 0 Å². The monoisotopic (exact) mass is 237 g/mol. The summed E-state index contributed by atoms with van der Waals surface area (Å²) in [4.78, 5) is 0. The average Bonchev–Trinajstić information content (AvgIpc) is 2.27. The Morgan fingerprint density at radius 3 is 2.59 bits per heavy atom. The van der Waals surface area contributed by atoms with Crippen molar-refractivity contribution in [1.29, 1.82) is 0 Å². The summed E-state index contributed by atoms with van der Waals surface area (Å²) in [5.41, 5.74) is 2.07. The quantitative estimate of drug-likeness (QED) is 0.744. The highest BCUT2D eigenvalue weighted by molar-refractivity contribution is 5.22. The van der Waals surface area contributed by atoms with Crippen molar-refractivity contribution in [2.45, 2.75) is 39.5 Å². The Morgan fingerprint density at radius 1 is 1.24 bits per heavy atom. The van der Waals surface area contributed by atoms with Crippen molar-refractivity contribution in [3.8, 4) is 0 Å². The first-order valence-corrected chi connectivity index (χ1v) is 6.04. The Bertz CT molecular complexity index is 331. The van der Waals surface area contributed by atoms with Crippen LogP contribution in [0.2, 0.25) is 0 Å². The third-order valence-corrected chi connectivity index (χ3v) is 2.32. The molecule has 3 nitrogen and oxygen atoms in total. The lowest BCUT2D eigenvalue weighted by atomic mass is 10.1. The molecule has 0 bridgehead atoms. The van der Waals surface area contributed by atoms with Crippen molar-refractivity contribution in [1.82, 2.24) is 5.32 Å². The fourth-order valence-corrected chi connectivity index (χ4v) is 1.50. The molecule has 3 heteroatoms. The van der Waals surface area contributed by atoms with Crippen LogP contribution in [0.1, 0.15) is 31.9 Å². The molecule has 17 heavy (non-hydrogen) atoms. The average molecular weight is 237 g/mol. The molecule has 0 amide bonds. The maximum Gasteiger partial charge on any atom is 0.0681 e. The van der Waals surface area contributed by atoms with Crippen LogP contribution in [0.4, 0.5) is 0 Å². The van der Waals surface area contributed by atoms with Crippen LogP contribution >= 0.6 is 0 Å². The smallest absolute Gasteiger partial charge is 0.0681 e. The number of benzene rings is 1. The van der Waals surface area contributed by atoms with E-state index in [2.05, 4.69) is 32.2 Å². The van der Waals surface area contributed by atoms with E-state index in [4.69, 9.17) is 9.84 Å². The van der Waals surface area contributed by atoms with Gasteiger partial charge in [0.05, 0.1) is 18.8 Å². The Balaban J connectivity index is 2.22. The number of hydrogen-bond acceptors (Lipinski definition) is 3. The lowest BCUT2D eigenvalue weighted by Crippen LogP contribution is -2.26. The molecule has 0 aliphatic rings. The summed E-state index contributed by atoms with van der Waals surface area (Å²) in [6, 6.07) is 7.95. The molecule has 0 unspecified atom stereocenters. The van der Waals surface area contributed by atoms with Crippen LogP contribution < -0.4 is 5.32 Å². The topological polar surface area (TPSA) is 41.5 Å². The first-order chi connectivity index (χ1) is 8.01. The van der Waals surface area contributed by atoms with Gasteiger partial charge >= 0.3 is 0 Å². The molecular weight excluding hydrogens is 214 g/mol. The van der Waals surface area contributed by atoms with Gasteiger partial charge in [-0.2, -0.15) is 0 Å². The number of rotatable bonds is 6. The number of aliphatic hydroxyl groups excluding tert-OH is 1. The predicted molar refractivity (Wildman–Crippen MR) is 69.8 cm³/mol. The zero-order valence-electron chi connectivity index (χ0n) is 11.0. The van der Waals surface area contributed by atoms with Crippen molar-refractivity contribution >= 4 is 0 Å². The minimum Gasteiger partial charge on any atom is -0.392 e. The highest BCUT2D eigenvalue weighted by Gasteiger charge is 2.08. The summed E-state index contributed by atoms with van der Waals surface area (Å²) in [7, 11) is 0. The van der Waals surface area contributed by atoms with E-state index in [0.717, 1.165) is 18.7 Å². The molecule has 1 aromatic carbocycles. The summed E-state index contributed by atoms with van der Waals surface area (Å²) in [5, 5.41) is 12.3. The standard InChI is InChI=1S/C14H23NO2/c1-14(2,3)17-8-7-15-10-12-5-4-6-13(9-12)11-16/h4-6,9,15-16H,7-8,10-11H2,1-3H3.